The average molecular weight is 262 g/mol. The fourth-order valence-corrected chi connectivity index (χ4v) is 2.28. The molecule has 1 aromatic carbocycles. The van der Waals surface area contributed by atoms with Crippen molar-refractivity contribution in [1.82, 2.24) is 10.3 Å². The van der Waals surface area contributed by atoms with Crippen LogP contribution < -0.4 is 5.32 Å². The minimum Gasteiger partial charge on any atom is -0.465 e. The maximum Gasteiger partial charge on any atom is 0.405 e. The highest BCUT2D eigenvalue weighted by Crippen LogP contribution is 2.23. The number of aromatic amines is 1. The van der Waals surface area contributed by atoms with E-state index in [2.05, 4.69) is 10.3 Å². The second-order valence-corrected chi connectivity index (χ2v) is 5.34. The van der Waals surface area contributed by atoms with Crippen LogP contribution in [0.2, 0.25) is 0 Å². The quantitative estimate of drug-likeness (QED) is 0.681. The van der Waals surface area contributed by atoms with E-state index in [0.29, 0.717) is 6.42 Å². The Morgan fingerprint density at radius 2 is 2.16 bits per heavy atom. The molecule has 0 aliphatic rings. The Morgan fingerprint density at radius 1 is 1.42 bits per heavy atom. The lowest BCUT2D eigenvalue weighted by Crippen LogP contribution is -2.44. The number of carbonyl (C=O) groups is 1. The number of rotatable bonds is 4. The van der Waals surface area contributed by atoms with Gasteiger partial charge in [-0.3, -0.25) is 0 Å². The minimum absolute atomic E-state index is 0.00265. The van der Waals surface area contributed by atoms with Gasteiger partial charge in [0, 0.05) is 22.6 Å². The van der Waals surface area contributed by atoms with Crippen LogP contribution >= 0.6 is 0 Å². The number of aliphatic hydroxyl groups is 1. The van der Waals surface area contributed by atoms with Gasteiger partial charge in [-0.25, -0.2) is 4.79 Å². The molecule has 102 valence electrons. The summed E-state index contributed by atoms with van der Waals surface area (Å²) in [4.78, 5) is 13.9. The molecule has 0 saturated carbocycles. The van der Waals surface area contributed by atoms with Crippen molar-refractivity contribution in [3.63, 3.8) is 0 Å². The first-order chi connectivity index (χ1) is 8.91. The van der Waals surface area contributed by atoms with Gasteiger partial charge in [-0.1, -0.05) is 6.07 Å². The van der Waals surface area contributed by atoms with E-state index >= 15 is 0 Å². The van der Waals surface area contributed by atoms with Gasteiger partial charge in [0.1, 0.15) is 0 Å². The van der Waals surface area contributed by atoms with E-state index in [1.54, 1.807) is 0 Å². The van der Waals surface area contributed by atoms with Crippen molar-refractivity contribution in [2.24, 2.45) is 0 Å². The smallest absolute Gasteiger partial charge is 0.405 e. The first kappa shape index (κ1) is 13.4. The van der Waals surface area contributed by atoms with Gasteiger partial charge < -0.3 is 20.5 Å². The maximum absolute atomic E-state index is 10.8. The highest BCUT2D eigenvalue weighted by molar-refractivity contribution is 5.84. The summed E-state index contributed by atoms with van der Waals surface area (Å²) in [5.74, 6) is 0. The Bertz CT molecular complexity index is 602. The molecule has 0 saturated heterocycles. The Balaban J connectivity index is 2.32. The standard InChI is InChI=1S/C14H18N2O3/c1-14(2,16-13(18)19)6-10-7-15-12-4-3-9(8-17)5-11(10)12/h3-5,7,15-17H,6,8H2,1-2H3,(H,18,19). The van der Waals surface area contributed by atoms with Crippen molar-refractivity contribution in [1.29, 1.82) is 0 Å². The zero-order chi connectivity index (χ0) is 14.0. The van der Waals surface area contributed by atoms with E-state index in [0.717, 1.165) is 22.0 Å². The van der Waals surface area contributed by atoms with Gasteiger partial charge in [0.15, 0.2) is 0 Å². The summed E-state index contributed by atoms with van der Waals surface area (Å²) in [5.41, 5.74) is 2.32. The van der Waals surface area contributed by atoms with Crippen LogP contribution in [0, 0.1) is 0 Å². The van der Waals surface area contributed by atoms with Gasteiger partial charge in [0.05, 0.1) is 6.61 Å². The van der Waals surface area contributed by atoms with Crippen molar-refractivity contribution >= 4 is 17.0 Å². The summed E-state index contributed by atoms with van der Waals surface area (Å²) in [6.45, 7) is 3.68. The van der Waals surface area contributed by atoms with Gasteiger partial charge in [0.2, 0.25) is 0 Å². The minimum atomic E-state index is -1.03. The molecule has 2 aromatic rings. The van der Waals surface area contributed by atoms with Gasteiger partial charge in [0.25, 0.3) is 0 Å². The Hall–Kier alpha value is -2.01. The third-order valence-electron chi connectivity index (χ3n) is 3.09. The van der Waals surface area contributed by atoms with Crippen molar-refractivity contribution in [3.05, 3.63) is 35.5 Å². The third-order valence-corrected chi connectivity index (χ3v) is 3.09. The van der Waals surface area contributed by atoms with Gasteiger partial charge in [-0.15, -0.1) is 0 Å². The molecule has 0 aliphatic carbocycles. The SMILES string of the molecule is CC(C)(Cc1c[nH]c2ccc(CO)cc12)NC(=O)O. The molecule has 5 heteroatoms. The molecule has 0 bridgehead atoms. The predicted molar refractivity (Wildman–Crippen MR) is 73.2 cm³/mol. The van der Waals surface area contributed by atoms with Gasteiger partial charge in [-0.2, -0.15) is 0 Å². The molecule has 0 atom stereocenters. The number of hydrogen-bond acceptors (Lipinski definition) is 2. The van der Waals surface area contributed by atoms with Crippen LogP contribution in [0.5, 0.6) is 0 Å². The predicted octanol–water partition coefficient (Wildman–Crippen LogP) is 2.25. The highest BCUT2D eigenvalue weighted by Gasteiger charge is 2.22. The lowest BCUT2D eigenvalue weighted by Gasteiger charge is -2.24. The van der Waals surface area contributed by atoms with Crippen molar-refractivity contribution in [2.45, 2.75) is 32.4 Å². The normalized spacial score (nSPS) is 11.7. The van der Waals surface area contributed by atoms with E-state index in [9.17, 15) is 9.90 Å². The van der Waals surface area contributed by atoms with E-state index < -0.39 is 11.6 Å². The van der Waals surface area contributed by atoms with Crippen LogP contribution in [-0.4, -0.2) is 26.8 Å². The zero-order valence-corrected chi connectivity index (χ0v) is 11.0. The molecule has 2 rings (SSSR count). The van der Waals surface area contributed by atoms with Crippen molar-refractivity contribution in [2.75, 3.05) is 0 Å². The number of fused-ring (bicyclic) bond motifs is 1. The second-order valence-electron chi connectivity index (χ2n) is 5.34. The van der Waals surface area contributed by atoms with Crippen LogP contribution in [0.3, 0.4) is 0 Å². The summed E-state index contributed by atoms with van der Waals surface area (Å²) >= 11 is 0. The fourth-order valence-electron chi connectivity index (χ4n) is 2.28. The number of nitrogens with one attached hydrogen (secondary N) is 2. The zero-order valence-electron chi connectivity index (χ0n) is 11.0. The van der Waals surface area contributed by atoms with Gasteiger partial charge >= 0.3 is 6.09 Å². The summed E-state index contributed by atoms with van der Waals surface area (Å²) < 4.78 is 0. The lowest BCUT2D eigenvalue weighted by molar-refractivity contribution is 0.182. The summed E-state index contributed by atoms with van der Waals surface area (Å²) in [7, 11) is 0. The van der Waals surface area contributed by atoms with Crippen molar-refractivity contribution < 1.29 is 15.0 Å². The molecule has 1 aromatic heterocycles. The van der Waals surface area contributed by atoms with Crippen LogP contribution in [0.25, 0.3) is 10.9 Å². The number of aliphatic hydroxyl groups excluding tert-OH is 1. The molecule has 0 spiro atoms. The van der Waals surface area contributed by atoms with E-state index in [-0.39, 0.29) is 6.61 Å². The lowest BCUT2D eigenvalue weighted by atomic mass is 9.94. The number of aromatic nitrogens is 1. The molecular formula is C14H18N2O3. The molecule has 0 fully saturated rings. The molecule has 19 heavy (non-hydrogen) atoms. The number of carboxylic acid groups (broad SMARTS) is 1. The van der Waals surface area contributed by atoms with Crippen molar-refractivity contribution in [3.8, 4) is 0 Å². The monoisotopic (exact) mass is 262 g/mol. The molecule has 0 unspecified atom stereocenters. The number of hydrogen-bond donors (Lipinski definition) is 4. The fraction of sp³-hybridized carbons (Fsp3) is 0.357. The summed E-state index contributed by atoms with van der Waals surface area (Å²) in [6, 6.07) is 5.71. The topological polar surface area (TPSA) is 85.4 Å². The van der Waals surface area contributed by atoms with Crippen LogP contribution in [0.4, 0.5) is 4.79 Å². The Morgan fingerprint density at radius 3 is 2.79 bits per heavy atom. The molecule has 4 N–H and O–H groups in total. The number of benzene rings is 1. The summed E-state index contributed by atoms with van der Waals surface area (Å²) in [5, 5.41) is 21.5. The van der Waals surface area contributed by atoms with E-state index in [1.165, 1.54) is 0 Å². The molecule has 1 heterocycles. The largest absolute Gasteiger partial charge is 0.465 e. The second kappa shape index (κ2) is 4.93. The maximum atomic E-state index is 10.8. The molecule has 0 aliphatic heterocycles. The average Bonchev–Trinajstić information content (AvgIpc) is 2.69. The van der Waals surface area contributed by atoms with E-state index in [4.69, 9.17) is 5.11 Å². The molecule has 1 amide bonds. The summed E-state index contributed by atoms with van der Waals surface area (Å²) in [6.07, 6.45) is 1.44. The van der Waals surface area contributed by atoms with Crippen LogP contribution in [0.1, 0.15) is 25.0 Å². The Kier molecular flexibility index (Phi) is 3.48. The number of H-pyrrole nitrogens is 1. The van der Waals surface area contributed by atoms with Crippen LogP contribution in [-0.2, 0) is 13.0 Å². The number of amides is 1. The molecular weight excluding hydrogens is 244 g/mol. The van der Waals surface area contributed by atoms with E-state index in [1.807, 2.05) is 38.2 Å². The first-order valence-electron chi connectivity index (χ1n) is 6.12. The molecule has 5 nitrogen and oxygen atoms in total. The molecule has 0 radical (unpaired) electrons. The van der Waals surface area contributed by atoms with Gasteiger partial charge in [-0.05, 0) is 43.5 Å². The van der Waals surface area contributed by atoms with Crippen LogP contribution in [0.15, 0.2) is 24.4 Å². The first-order valence-corrected chi connectivity index (χ1v) is 6.12. The third kappa shape index (κ3) is 3.06. The highest BCUT2D eigenvalue weighted by atomic mass is 16.4. The Labute approximate surface area is 111 Å².